The molecule has 148 valence electrons. The predicted octanol–water partition coefficient (Wildman–Crippen LogP) is 2.98. The van der Waals surface area contributed by atoms with E-state index in [1.54, 1.807) is 26.8 Å². The highest BCUT2D eigenvalue weighted by atomic mass is 19.1. The average molecular weight is 370 g/mol. The SMILES string of the molecule is C[C@H](CCO)NCc1cc(F)ccc1O[C@@H](C)CNC(=O)OC(C)(C)C. The summed E-state index contributed by atoms with van der Waals surface area (Å²) in [7, 11) is 0. The van der Waals surface area contributed by atoms with Crippen LogP contribution in [-0.2, 0) is 11.3 Å². The fourth-order valence-electron chi connectivity index (χ4n) is 2.18. The van der Waals surface area contributed by atoms with Crippen LogP contribution in [0.3, 0.4) is 0 Å². The van der Waals surface area contributed by atoms with Gasteiger partial charge in [0.25, 0.3) is 0 Å². The number of nitrogens with one attached hydrogen (secondary N) is 2. The third-order valence-corrected chi connectivity index (χ3v) is 3.49. The molecule has 0 aliphatic heterocycles. The van der Waals surface area contributed by atoms with Crippen LogP contribution in [0.25, 0.3) is 0 Å². The minimum atomic E-state index is -0.560. The molecule has 1 aromatic carbocycles. The number of hydrogen-bond donors (Lipinski definition) is 3. The maximum Gasteiger partial charge on any atom is 0.407 e. The van der Waals surface area contributed by atoms with Gasteiger partial charge in [-0.05, 0) is 59.2 Å². The Labute approximate surface area is 155 Å². The minimum absolute atomic E-state index is 0.0913. The van der Waals surface area contributed by atoms with Gasteiger partial charge in [0.1, 0.15) is 23.3 Å². The molecular weight excluding hydrogens is 339 g/mol. The first-order valence-electron chi connectivity index (χ1n) is 8.87. The van der Waals surface area contributed by atoms with Crippen LogP contribution >= 0.6 is 0 Å². The summed E-state index contributed by atoms with van der Waals surface area (Å²) in [4.78, 5) is 11.7. The van der Waals surface area contributed by atoms with Crippen LogP contribution < -0.4 is 15.4 Å². The van der Waals surface area contributed by atoms with Crippen molar-refractivity contribution in [1.29, 1.82) is 0 Å². The summed E-state index contributed by atoms with van der Waals surface area (Å²) in [6, 6.07) is 4.43. The molecule has 0 heterocycles. The molecule has 0 unspecified atom stereocenters. The third-order valence-electron chi connectivity index (χ3n) is 3.49. The predicted molar refractivity (Wildman–Crippen MR) is 98.7 cm³/mol. The first kappa shape index (κ1) is 22.2. The van der Waals surface area contributed by atoms with Crippen LogP contribution in [0.5, 0.6) is 5.75 Å². The number of carbonyl (C=O) groups excluding carboxylic acids is 1. The molecule has 2 atom stereocenters. The molecule has 6 nitrogen and oxygen atoms in total. The van der Waals surface area contributed by atoms with Gasteiger partial charge in [-0.15, -0.1) is 0 Å². The van der Waals surface area contributed by atoms with Crippen LogP contribution in [0, 0.1) is 5.82 Å². The Kier molecular flexibility index (Phi) is 8.81. The van der Waals surface area contributed by atoms with E-state index >= 15 is 0 Å². The standard InChI is InChI=1S/C19H31FN2O4/c1-13(8-9-23)21-12-15-10-16(20)6-7-17(15)25-14(2)11-22-18(24)26-19(3,4)5/h6-7,10,13-14,21,23H,8-9,11-12H2,1-5H3,(H,22,24)/t13-,14+/m1/s1. The second-order valence-corrected chi connectivity index (χ2v) is 7.36. The number of halogens is 1. The smallest absolute Gasteiger partial charge is 0.407 e. The first-order chi connectivity index (χ1) is 12.1. The lowest BCUT2D eigenvalue weighted by Gasteiger charge is -2.22. The molecule has 0 aliphatic rings. The first-order valence-corrected chi connectivity index (χ1v) is 8.87. The Morgan fingerprint density at radius 1 is 1.31 bits per heavy atom. The van der Waals surface area contributed by atoms with Crippen molar-refractivity contribution < 1.29 is 23.8 Å². The topological polar surface area (TPSA) is 79.8 Å². The number of ether oxygens (including phenoxy) is 2. The summed E-state index contributed by atoms with van der Waals surface area (Å²) in [5.74, 6) is 0.206. The Hall–Kier alpha value is -1.86. The van der Waals surface area contributed by atoms with Gasteiger partial charge in [-0.2, -0.15) is 0 Å². The van der Waals surface area contributed by atoms with E-state index in [0.29, 0.717) is 24.3 Å². The quantitative estimate of drug-likeness (QED) is 0.623. The van der Waals surface area contributed by atoms with Crippen molar-refractivity contribution in [2.75, 3.05) is 13.2 Å². The monoisotopic (exact) mass is 370 g/mol. The lowest BCUT2D eigenvalue weighted by atomic mass is 10.1. The van der Waals surface area contributed by atoms with Crippen LogP contribution in [0.15, 0.2) is 18.2 Å². The molecule has 1 rings (SSSR count). The molecular formula is C19H31FN2O4. The van der Waals surface area contributed by atoms with Gasteiger partial charge in [-0.3, -0.25) is 0 Å². The minimum Gasteiger partial charge on any atom is -0.489 e. The molecule has 3 N–H and O–H groups in total. The van der Waals surface area contributed by atoms with Gasteiger partial charge in [-0.25, -0.2) is 9.18 Å². The number of rotatable bonds is 9. The molecule has 0 saturated heterocycles. The summed E-state index contributed by atoms with van der Waals surface area (Å²) < 4.78 is 24.6. The molecule has 0 radical (unpaired) electrons. The summed E-state index contributed by atoms with van der Waals surface area (Å²) in [6.45, 7) is 9.91. The number of aliphatic hydroxyl groups is 1. The number of hydrogen-bond acceptors (Lipinski definition) is 5. The summed E-state index contributed by atoms with van der Waals surface area (Å²) in [6.07, 6.45) is -0.213. The van der Waals surface area contributed by atoms with E-state index in [9.17, 15) is 9.18 Å². The van der Waals surface area contributed by atoms with E-state index in [-0.39, 0.29) is 31.1 Å². The van der Waals surface area contributed by atoms with Gasteiger partial charge in [-0.1, -0.05) is 0 Å². The highest BCUT2D eigenvalue weighted by Gasteiger charge is 2.17. The fraction of sp³-hybridized carbons (Fsp3) is 0.632. The second kappa shape index (κ2) is 10.3. The van der Waals surface area contributed by atoms with Crippen LogP contribution in [0.1, 0.15) is 46.6 Å². The lowest BCUT2D eigenvalue weighted by Crippen LogP contribution is -2.37. The Morgan fingerprint density at radius 2 is 2.00 bits per heavy atom. The van der Waals surface area contributed by atoms with Crippen molar-refractivity contribution in [3.63, 3.8) is 0 Å². The van der Waals surface area contributed by atoms with E-state index in [4.69, 9.17) is 14.6 Å². The molecule has 0 fully saturated rings. The molecule has 0 spiro atoms. The highest BCUT2D eigenvalue weighted by molar-refractivity contribution is 5.67. The number of alkyl carbamates (subject to hydrolysis) is 1. The molecule has 1 amide bonds. The molecule has 0 aromatic heterocycles. The molecule has 0 saturated carbocycles. The van der Waals surface area contributed by atoms with Gasteiger partial charge in [0.05, 0.1) is 6.54 Å². The largest absolute Gasteiger partial charge is 0.489 e. The van der Waals surface area contributed by atoms with Crippen molar-refractivity contribution in [2.45, 2.75) is 65.3 Å². The summed E-state index contributed by atoms with van der Waals surface area (Å²) in [5.41, 5.74) is 0.119. The Morgan fingerprint density at radius 3 is 2.62 bits per heavy atom. The number of carbonyl (C=O) groups is 1. The lowest BCUT2D eigenvalue weighted by molar-refractivity contribution is 0.0505. The van der Waals surface area contributed by atoms with E-state index < -0.39 is 11.7 Å². The van der Waals surface area contributed by atoms with E-state index in [2.05, 4.69) is 10.6 Å². The highest BCUT2D eigenvalue weighted by Crippen LogP contribution is 2.21. The average Bonchev–Trinajstić information content (AvgIpc) is 2.52. The second-order valence-electron chi connectivity index (χ2n) is 7.36. The van der Waals surface area contributed by atoms with E-state index in [1.165, 1.54) is 12.1 Å². The fourth-order valence-corrected chi connectivity index (χ4v) is 2.18. The molecule has 7 heteroatoms. The maximum absolute atomic E-state index is 13.6. The Bertz CT molecular complexity index is 575. The zero-order valence-corrected chi connectivity index (χ0v) is 16.3. The zero-order chi connectivity index (χ0) is 19.7. The van der Waals surface area contributed by atoms with Crippen LogP contribution in [0.2, 0.25) is 0 Å². The number of amides is 1. The number of benzene rings is 1. The van der Waals surface area contributed by atoms with Gasteiger partial charge in [0.2, 0.25) is 0 Å². The van der Waals surface area contributed by atoms with Crippen LogP contribution in [0.4, 0.5) is 9.18 Å². The number of aliphatic hydroxyl groups excluding tert-OH is 1. The van der Waals surface area contributed by atoms with Crippen molar-refractivity contribution in [3.05, 3.63) is 29.6 Å². The van der Waals surface area contributed by atoms with Gasteiger partial charge >= 0.3 is 6.09 Å². The normalized spacial score (nSPS) is 13.8. The van der Waals surface area contributed by atoms with Crippen molar-refractivity contribution >= 4 is 6.09 Å². The maximum atomic E-state index is 13.6. The third kappa shape index (κ3) is 9.01. The van der Waals surface area contributed by atoms with Gasteiger partial charge in [0, 0.05) is 24.8 Å². The summed E-state index contributed by atoms with van der Waals surface area (Å²) >= 11 is 0. The van der Waals surface area contributed by atoms with Crippen molar-refractivity contribution in [1.82, 2.24) is 10.6 Å². The van der Waals surface area contributed by atoms with Crippen molar-refractivity contribution in [2.24, 2.45) is 0 Å². The molecule has 0 aliphatic carbocycles. The van der Waals surface area contributed by atoms with Gasteiger partial charge < -0.3 is 25.2 Å². The molecule has 0 bridgehead atoms. The van der Waals surface area contributed by atoms with Crippen LogP contribution in [-0.4, -0.2) is 42.1 Å². The van der Waals surface area contributed by atoms with E-state index in [1.807, 2.05) is 13.8 Å². The Balaban J connectivity index is 2.60. The molecule has 26 heavy (non-hydrogen) atoms. The van der Waals surface area contributed by atoms with Gasteiger partial charge in [0.15, 0.2) is 0 Å². The zero-order valence-electron chi connectivity index (χ0n) is 16.3. The molecule has 1 aromatic rings. The van der Waals surface area contributed by atoms with Crippen molar-refractivity contribution in [3.8, 4) is 5.75 Å². The van der Waals surface area contributed by atoms with E-state index in [0.717, 1.165) is 0 Å². The summed E-state index contributed by atoms with van der Waals surface area (Å²) in [5, 5.41) is 14.8.